The molecule has 0 radical (unpaired) electrons. The van der Waals surface area contributed by atoms with Crippen molar-refractivity contribution in [2.45, 2.75) is 18.9 Å². The third-order valence-corrected chi connectivity index (χ3v) is 4.59. The molecular weight excluding hydrogens is 316 g/mol. The van der Waals surface area contributed by atoms with Gasteiger partial charge >= 0.3 is 0 Å². The first-order chi connectivity index (χ1) is 8.16. The zero-order valence-electron chi connectivity index (χ0n) is 9.41. The Morgan fingerprint density at radius 3 is 2.76 bits per heavy atom. The molecule has 1 aromatic rings. The number of thiocarbonyl (C=S) groups is 1. The first kappa shape index (κ1) is 13.2. The van der Waals surface area contributed by atoms with Crippen molar-refractivity contribution in [2.24, 2.45) is 5.73 Å². The molecule has 0 bridgehead atoms. The Kier molecular flexibility index (Phi) is 4.70. The second-order valence-corrected chi connectivity index (χ2v) is 6.67. The van der Waals surface area contributed by atoms with Gasteiger partial charge in [0.2, 0.25) is 0 Å². The van der Waals surface area contributed by atoms with Crippen LogP contribution in [0.1, 0.15) is 18.4 Å². The van der Waals surface area contributed by atoms with Gasteiger partial charge < -0.3 is 11.1 Å². The minimum absolute atomic E-state index is 0.444. The van der Waals surface area contributed by atoms with Crippen molar-refractivity contribution < 1.29 is 0 Å². The average molecular weight is 331 g/mol. The first-order valence-corrected chi connectivity index (χ1v) is 7.96. The van der Waals surface area contributed by atoms with Gasteiger partial charge in [0, 0.05) is 21.8 Å². The highest BCUT2D eigenvalue weighted by Gasteiger charge is 2.15. The van der Waals surface area contributed by atoms with Crippen LogP contribution in [0.15, 0.2) is 22.7 Å². The molecule has 0 amide bonds. The molecule has 0 atom stereocenters. The number of rotatable bonds is 3. The maximum atomic E-state index is 5.76. The van der Waals surface area contributed by atoms with Crippen LogP contribution in [0, 0.1) is 0 Å². The zero-order valence-corrected chi connectivity index (χ0v) is 12.6. The Morgan fingerprint density at radius 1 is 1.41 bits per heavy atom. The third kappa shape index (κ3) is 3.60. The lowest BCUT2D eigenvalue weighted by atomic mass is 10.1. The van der Waals surface area contributed by atoms with Gasteiger partial charge in [-0.25, -0.2) is 0 Å². The summed E-state index contributed by atoms with van der Waals surface area (Å²) in [4.78, 5) is 0.444. The van der Waals surface area contributed by atoms with E-state index in [4.69, 9.17) is 18.0 Å². The third-order valence-electron chi connectivity index (χ3n) is 2.83. The van der Waals surface area contributed by atoms with Gasteiger partial charge in [0.25, 0.3) is 0 Å². The topological polar surface area (TPSA) is 38.0 Å². The van der Waals surface area contributed by atoms with Crippen LogP contribution in [0.4, 0.5) is 5.69 Å². The fraction of sp³-hybridized carbons (Fsp3) is 0.417. The summed E-state index contributed by atoms with van der Waals surface area (Å²) in [5.41, 5.74) is 7.73. The SMILES string of the molecule is NC(=S)c1cc(Br)ccc1NC1CCSCC1. The molecule has 1 fully saturated rings. The number of benzene rings is 1. The van der Waals surface area contributed by atoms with Crippen LogP contribution in [0.3, 0.4) is 0 Å². The second kappa shape index (κ2) is 6.07. The lowest BCUT2D eigenvalue weighted by Crippen LogP contribution is -2.26. The lowest BCUT2D eigenvalue weighted by molar-refractivity contribution is 0.667. The maximum Gasteiger partial charge on any atom is 0.106 e. The Morgan fingerprint density at radius 2 is 2.12 bits per heavy atom. The van der Waals surface area contributed by atoms with Crippen molar-refractivity contribution >= 4 is 50.6 Å². The van der Waals surface area contributed by atoms with Crippen LogP contribution in [-0.2, 0) is 0 Å². The summed E-state index contributed by atoms with van der Waals surface area (Å²) in [6.45, 7) is 0. The smallest absolute Gasteiger partial charge is 0.106 e. The van der Waals surface area contributed by atoms with Crippen molar-refractivity contribution in [3.05, 3.63) is 28.2 Å². The molecule has 1 aliphatic heterocycles. The predicted molar refractivity (Wildman–Crippen MR) is 84.0 cm³/mol. The van der Waals surface area contributed by atoms with E-state index in [9.17, 15) is 0 Å². The normalized spacial score (nSPS) is 16.8. The molecule has 1 heterocycles. The fourth-order valence-corrected chi connectivity index (χ4v) is 3.54. The maximum absolute atomic E-state index is 5.76. The standard InChI is InChI=1S/C12H15BrN2S2/c13-8-1-2-11(10(7-8)12(14)16)15-9-3-5-17-6-4-9/h1-2,7,9,15H,3-6H2,(H2,14,16). The Labute approximate surface area is 120 Å². The summed E-state index contributed by atoms with van der Waals surface area (Å²) in [5, 5.41) is 3.56. The van der Waals surface area contributed by atoms with Gasteiger partial charge in [-0.05, 0) is 42.5 Å². The number of nitrogens with one attached hydrogen (secondary N) is 1. The van der Waals surface area contributed by atoms with E-state index in [1.165, 1.54) is 24.3 Å². The Bertz CT molecular complexity index is 417. The number of thioether (sulfide) groups is 1. The predicted octanol–water partition coefficient (Wildman–Crippen LogP) is 3.39. The van der Waals surface area contributed by atoms with Gasteiger partial charge in [-0.1, -0.05) is 28.1 Å². The van der Waals surface area contributed by atoms with Crippen LogP contribution in [0.5, 0.6) is 0 Å². The molecule has 5 heteroatoms. The van der Waals surface area contributed by atoms with E-state index < -0.39 is 0 Å². The molecule has 0 saturated carbocycles. The molecule has 3 N–H and O–H groups in total. The number of halogens is 1. The number of anilines is 1. The number of hydrogen-bond donors (Lipinski definition) is 2. The minimum atomic E-state index is 0.444. The summed E-state index contributed by atoms with van der Waals surface area (Å²) in [7, 11) is 0. The molecule has 0 unspecified atom stereocenters. The van der Waals surface area contributed by atoms with Gasteiger partial charge in [-0.3, -0.25) is 0 Å². The number of nitrogens with two attached hydrogens (primary N) is 1. The highest BCUT2D eigenvalue weighted by molar-refractivity contribution is 9.10. The molecule has 2 nitrogen and oxygen atoms in total. The fourth-order valence-electron chi connectivity index (χ4n) is 1.91. The van der Waals surface area contributed by atoms with Crippen LogP contribution in [0.25, 0.3) is 0 Å². The highest BCUT2D eigenvalue weighted by atomic mass is 79.9. The largest absolute Gasteiger partial charge is 0.389 e. The molecule has 92 valence electrons. The van der Waals surface area contributed by atoms with E-state index in [0.717, 1.165) is 15.7 Å². The van der Waals surface area contributed by atoms with E-state index in [1.807, 2.05) is 30.0 Å². The minimum Gasteiger partial charge on any atom is -0.389 e. The highest BCUT2D eigenvalue weighted by Crippen LogP contribution is 2.25. The van der Waals surface area contributed by atoms with Crippen LogP contribution < -0.4 is 11.1 Å². The molecule has 0 aromatic heterocycles. The van der Waals surface area contributed by atoms with E-state index >= 15 is 0 Å². The van der Waals surface area contributed by atoms with Gasteiger partial charge in [-0.15, -0.1) is 0 Å². The molecule has 1 saturated heterocycles. The molecule has 0 aliphatic carbocycles. The van der Waals surface area contributed by atoms with Gasteiger partial charge in [0.15, 0.2) is 0 Å². The Hall–Kier alpha value is -0.260. The van der Waals surface area contributed by atoms with E-state index in [-0.39, 0.29) is 0 Å². The van der Waals surface area contributed by atoms with Gasteiger partial charge in [-0.2, -0.15) is 11.8 Å². The molecule has 1 aromatic carbocycles. The van der Waals surface area contributed by atoms with E-state index in [1.54, 1.807) is 0 Å². The second-order valence-electron chi connectivity index (χ2n) is 4.09. The average Bonchev–Trinajstić information content (AvgIpc) is 2.32. The molecule has 1 aliphatic rings. The summed E-state index contributed by atoms with van der Waals surface area (Å²) >= 11 is 10.6. The van der Waals surface area contributed by atoms with Gasteiger partial charge in [0.1, 0.15) is 4.99 Å². The number of hydrogen-bond acceptors (Lipinski definition) is 3. The summed E-state index contributed by atoms with van der Waals surface area (Å²) in [6.07, 6.45) is 2.41. The van der Waals surface area contributed by atoms with E-state index in [0.29, 0.717) is 11.0 Å². The van der Waals surface area contributed by atoms with Crippen molar-refractivity contribution in [1.82, 2.24) is 0 Å². The summed E-state index contributed by atoms with van der Waals surface area (Å²) in [5.74, 6) is 2.47. The van der Waals surface area contributed by atoms with Crippen molar-refractivity contribution in [2.75, 3.05) is 16.8 Å². The van der Waals surface area contributed by atoms with Crippen LogP contribution in [0.2, 0.25) is 0 Å². The first-order valence-electron chi connectivity index (χ1n) is 5.60. The molecule has 0 spiro atoms. The summed E-state index contributed by atoms with van der Waals surface area (Å²) < 4.78 is 1.00. The Balaban J connectivity index is 2.16. The lowest BCUT2D eigenvalue weighted by Gasteiger charge is -2.24. The van der Waals surface area contributed by atoms with Gasteiger partial charge in [0.05, 0.1) is 0 Å². The monoisotopic (exact) mass is 330 g/mol. The van der Waals surface area contributed by atoms with Crippen molar-refractivity contribution in [3.63, 3.8) is 0 Å². The molecule has 2 rings (SSSR count). The quantitative estimate of drug-likeness (QED) is 0.833. The van der Waals surface area contributed by atoms with Crippen LogP contribution >= 0.6 is 39.9 Å². The van der Waals surface area contributed by atoms with E-state index in [2.05, 4.69) is 21.2 Å². The molecular formula is C12H15BrN2S2. The zero-order chi connectivity index (χ0) is 12.3. The van der Waals surface area contributed by atoms with Crippen LogP contribution in [-0.4, -0.2) is 22.5 Å². The van der Waals surface area contributed by atoms with Crippen molar-refractivity contribution in [3.8, 4) is 0 Å². The molecule has 17 heavy (non-hydrogen) atoms. The van der Waals surface area contributed by atoms with Crippen molar-refractivity contribution in [1.29, 1.82) is 0 Å². The summed E-state index contributed by atoms with van der Waals surface area (Å²) in [6, 6.07) is 6.58.